The molecule has 18 heavy (non-hydrogen) atoms. The molecule has 0 amide bonds. The van der Waals surface area contributed by atoms with Crippen LogP contribution in [0.1, 0.15) is 68.5 Å². The van der Waals surface area contributed by atoms with Gasteiger partial charge in [-0.25, -0.2) is 0 Å². The first-order valence-corrected chi connectivity index (χ1v) is 7.69. The molecule has 0 aromatic carbocycles. The molecule has 0 radical (unpaired) electrons. The lowest BCUT2D eigenvalue weighted by molar-refractivity contribution is 0.625. The minimum Gasteiger partial charge on any atom is -0.309 e. The average Bonchev–Trinajstić information content (AvgIpc) is 2.67. The summed E-state index contributed by atoms with van der Waals surface area (Å²) >= 11 is 1.55. The van der Waals surface area contributed by atoms with Crippen LogP contribution in [0.15, 0.2) is 11.6 Å². The minimum atomic E-state index is 0.320. The number of allylic oxidation sites excluding steroid dienone is 1. The van der Waals surface area contributed by atoms with Crippen LogP contribution in [0.25, 0.3) is 0 Å². The zero-order valence-corrected chi connectivity index (χ0v) is 12.4. The van der Waals surface area contributed by atoms with E-state index in [1.54, 1.807) is 11.5 Å². The lowest BCUT2D eigenvalue weighted by atomic mass is 9.97. The summed E-state index contributed by atoms with van der Waals surface area (Å²) in [6.07, 6.45) is 8.86. The number of nitrogens with zero attached hydrogens (tertiary/aromatic N) is 2. The molecule has 1 aromatic rings. The Labute approximate surface area is 114 Å². The first kappa shape index (κ1) is 13.7. The van der Waals surface area contributed by atoms with Gasteiger partial charge < -0.3 is 5.32 Å². The highest BCUT2D eigenvalue weighted by atomic mass is 32.1. The van der Waals surface area contributed by atoms with Crippen molar-refractivity contribution < 1.29 is 0 Å². The average molecular weight is 265 g/mol. The summed E-state index contributed by atoms with van der Waals surface area (Å²) in [6.45, 7) is 4.38. The normalized spacial score (nSPS) is 18.6. The van der Waals surface area contributed by atoms with Gasteiger partial charge >= 0.3 is 0 Å². The summed E-state index contributed by atoms with van der Waals surface area (Å²) in [5.74, 6) is 0.445. The Morgan fingerprint density at radius 3 is 2.83 bits per heavy atom. The van der Waals surface area contributed by atoms with Crippen LogP contribution in [0, 0.1) is 0 Å². The maximum Gasteiger partial charge on any atom is 0.0832 e. The Hall–Kier alpha value is -0.740. The number of aromatic nitrogens is 2. The number of hydrogen-bond donors (Lipinski definition) is 1. The molecule has 1 heterocycles. The van der Waals surface area contributed by atoms with Crippen molar-refractivity contribution in [2.75, 3.05) is 7.05 Å². The predicted molar refractivity (Wildman–Crippen MR) is 77.0 cm³/mol. The third-order valence-corrected chi connectivity index (χ3v) is 4.39. The second kappa shape index (κ2) is 6.43. The SMILES string of the molecule is CNC(C1=CCCCCC1)c1snnc1C(C)C. The van der Waals surface area contributed by atoms with E-state index in [1.165, 1.54) is 42.6 Å². The van der Waals surface area contributed by atoms with Crippen LogP contribution in [0.2, 0.25) is 0 Å². The van der Waals surface area contributed by atoms with Crippen LogP contribution >= 0.6 is 11.5 Å². The molecule has 1 atom stereocenters. The monoisotopic (exact) mass is 265 g/mol. The van der Waals surface area contributed by atoms with E-state index in [0.717, 1.165) is 5.69 Å². The Balaban J connectivity index is 2.26. The summed E-state index contributed by atoms with van der Waals surface area (Å²) in [5, 5.41) is 7.76. The predicted octanol–water partition coefficient (Wildman–Crippen LogP) is 3.81. The van der Waals surface area contributed by atoms with E-state index >= 15 is 0 Å². The molecule has 1 aliphatic carbocycles. The lowest BCUT2D eigenvalue weighted by Gasteiger charge is -2.19. The molecule has 0 saturated heterocycles. The fourth-order valence-electron chi connectivity index (χ4n) is 2.59. The van der Waals surface area contributed by atoms with Gasteiger partial charge in [-0.1, -0.05) is 36.4 Å². The largest absolute Gasteiger partial charge is 0.309 e. The van der Waals surface area contributed by atoms with Gasteiger partial charge in [0.1, 0.15) is 0 Å². The van der Waals surface area contributed by atoms with Crippen LogP contribution < -0.4 is 5.32 Å². The molecule has 1 aliphatic rings. The van der Waals surface area contributed by atoms with Crippen molar-refractivity contribution in [3.63, 3.8) is 0 Å². The van der Waals surface area contributed by atoms with Crippen molar-refractivity contribution in [3.8, 4) is 0 Å². The van der Waals surface area contributed by atoms with Crippen LogP contribution in [-0.2, 0) is 0 Å². The van der Waals surface area contributed by atoms with Gasteiger partial charge in [-0.05, 0) is 50.2 Å². The molecule has 0 saturated carbocycles. The quantitative estimate of drug-likeness (QED) is 0.841. The highest BCUT2D eigenvalue weighted by Gasteiger charge is 2.23. The van der Waals surface area contributed by atoms with Crippen molar-refractivity contribution in [2.24, 2.45) is 0 Å². The van der Waals surface area contributed by atoms with Crippen LogP contribution in [0.4, 0.5) is 0 Å². The fourth-order valence-corrected chi connectivity index (χ4v) is 3.55. The molecule has 4 heteroatoms. The summed E-state index contributed by atoms with van der Waals surface area (Å²) < 4.78 is 4.15. The van der Waals surface area contributed by atoms with Crippen LogP contribution in [-0.4, -0.2) is 16.6 Å². The molecule has 1 aromatic heterocycles. The Kier molecular flexibility index (Phi) is 4.89. The molecular weight excluding hydrogens is 242 g/mol. The Morgan fingerprint density at radius 1 is 1.28 bits per heavy atom. The molecule has 0 aliphatic heterocycles. The van der Waals surface area contributed by atoms with E-state index in [0.29, 0.717) is 12.0 Å². The molecule has 2 rings (SSSR count). The standard InChI is InChI=1S/C14H23N3S/c1-10(2)12-14(18-17-16-12)13(15-3)11-8-6-4-5-7-9-11/h8,10,13,15H,4-7,9H2,1-3H3. The van der Waals surface area contributed by atoms with Gasteiger partial charge in [-0.15, -0.1) is 5.10 Å². The van der Waals surface area contributed by atoms with Gasteiger partial charge in [0.2, 0.25) is 0 Å². The summed E-state index contributed by atoms with van der Waals surface area (Å²) in [5.41, 5.74) is 2.69. The van der Waals surface area contributed by atoms with Gasteiger partial charge in [0.05, 0.1) is 16.6 Å². The summed E-state index contributed by atoms with van der Waals surface area (Å²) in [4.78, 5) is 1.31. The van der Waals surface area contributed by atoms with Crippen LogP contribution in [0.5, 0.6) is 0 Å². The maximum absolute atomic E-state index is 4.30. The second-order valence-electron chi connectivity index (χ2n) is 5.28. The molecule has 1 N–H and O–H groups in total. The van der Waals surface area contributed by atoms with E-state index < -0.39 is 0 Å². The van der Waals surface area contributed by atoms with Crippen molar-refractivity contribution in [1.82, 2.24) is 14.9 Å². The summed E-state index contributed by atoms with van der Waals surface area (Å²) in [7, 11) is 2.04. The zero-order chi connectivity index (χ0) is 13.0. The van der Waals surface area contributed by atoms with E-state index in [1.807, 2.05) is 7.05 Å². The van der Waals surface area contributed by atoms with Crippen molar-refractivity contribution in [1.29, 1.82) is 0 Å². The highest BCUT2D eigenvalue weighted by molar-refractivity contribution is 7.05. The van der Waals surface area contributed by atoms with Gasteiger partial charge in [0, 0.05) is 0 Å². The van der Waals surface area contributed by atoms with E-state index in [9.17, 15) is 0 Å². The smallest absolute Gasteiger partial charge is 0.0832 e. The van der Waals surface area contributed by atoms with Gasteiger partial charge in [0.15, 0.2) is 0 Å². The Bertz CT molecular complexity index is 409. The van der Waals surface area contributed by atoms with E-state index in [4.69, 9.17) is 0 Å². The first-order valence-electron chi connectivity index (χ1n) is 6.92. The number of hydrogen-bond acceptors (Lipinski definition) is 4. The number of rotatable bonds is 4. The van der Waals surface area contributed by atoms with Gasteiger partial charge in [0.25, 0.3) is 0 Å². The molecule has 1 unspecified atom stereocenters. The molecule has 0 fully saturated rings. The third kappa shape index (κ3) is 2.98. The summed E-state index contributed by atoms with van der Waals surface area (Å²) in [6, 6.07) is 0.320. The molecule has 0 spiro atoms. The van der Waals surface area contributed by atoms with Crippen molar-refractivity contribution >= 4 is 11.5 Å². The van der Waals surface area contributed by atoms with Crippen molar-refractivity contribution in [2.45, 2.75) is 57.9 Å². The minimum absolute atomic E-state index is 0.320. The number of likely N-dealkylation sites (N-methyl/N-ethyl adjacent to an activating group) is 1. The van der Waals surface area contributed by atoms with Crippen LogP contribution in [0.3, 0.4) is 0 Å². The Morgan fingerprint density at radius 2 is 2.11 bits per heavy atom. The first-order chi connectivity index (χ1) is 8.74. The molecular formula is C14H23N3S. The molecule has 0 bridgehead atoms. The van der Waals surface area contributed by atoms with E-state index in [2.05, 4.69) is 34.8 Å². The lowest BCUT2D eigenvalue weighted by Crippen LogP contribution is -2.19. The maximum atomic E-state index is 4.30. The number of nitrogens with one attached hydrogen (secondary N) is 1. The van der Waals surface area contributed by atoms with E-state index in [-0.39, 0.29) is 0 Å². The van der Waals surface area contributed by atoms with Gasteiger partial charge in [-0.2, -0.15) is 0 Å². The fraction of sp³-hybridized carbons (Fsp3) is 0.714. The topological polar surface area (TPSA) is 37.8 Å². The molecule has 3 nitrogen and oxygen atoms in total. The highest BCUT2D eigenvalue weighted by Crippen LogP contribution is 2.34. The second-order valence-corrected chi connectivity index (χ2v) is 6.06. The van der Waals surface area contributed by atoms with Crippen molar-refractivity contribution in [3.05, 3.63) is 22.2 Å². The third-order valence-electron chi connectivity index (χ3n) is 3.58. The molecule has 100 valence electrons. The van der Waals surface area contributed by atoms with Gasteiger partial charge in [-0.3, -0.25) is 0 Å². The zero-order valence-electron chi connectivity index (χ0n) is 11.6.